The number of fused-ring (bicyclic) bond motifs is 1. The Morgan fingerprint density at radius 3 is 2.45 bits per heavy atom. The summed E-state index contributed by atoms with van der Waals surface area (Å²) in [4.78, 5) is 17.6. The van der Waals surface area contributed by atoms with Gasteiger partial charge in [0.1, 0.15) is 4.90 Å². The molecular weight excluding hydrogens is 390 g/mol. The van der Waals surface area contributed by atoms with Crippen molar-refractivity contribution >= 4 is 32.7 Å². The molecule has 2 aromatic heterocycles. The Hall–Kier alpha value is -2.78. The molecule has 1 aromatic carbocycles. The molecule has 2 heterocycles. The number of amides is 1. The van der Waals surface area contributed by atoms with E-state index in [0.29, 0.717) is 28.0 Å². The zero-order valence-corrected chi connectivity index (χ0v) is 18.2. The third-order valence-electron chi connectivity index (χ3n) is 4.21. The predicted molar refractivity (Wildman–Crippen MR) is 112 cm³/mol. The van der Waals surface area contributed by atoms with Gasteiger partial charge in [-0.2, -0.15) is 5.10 Å². The highest BCUT2D eigenvalue weighted by atomic mass is 32.2. The maximum Gasteiger partial charge on any atom is 0.256 e. The third-order valence-corrected chi connectivity index (χ3v) is 6.02. The Morgan fingerprint density at radius 1 is 1.14 bits per heavy atom. The minimum absolute atomic E-state index is 0.00760. The van der Waals surface area contributed by atoms with Gasteiger partial charge in [-0.15, -0.1) is 0 Å². The Balaban J connectivity index is 2.05. The molecule has 0 bridgehead atoms. The first kappa shape index (κ1) is 20.9. The summed E-state index contributed by atoms with van der Waals surface area (Å²) in [5, 5.41) is 7.74. The molecule has 9 heteroatoms. The van der Waals surface area contributed by atoms with E-state index in [1.807, 2.05) is 6.92 Å². The van der Waals surface area contributed by atoms with Crippen LogP contribution in [0.2, 0.25) is 0 Å². The van der Waals surface area contributed by atoms with Crippen LogP contribution in [-0.2, 0) is 17.1 Å². The number of benzene rings is 1. The van der Waals surface area contributed by atoms with Gasteiger partial charge in [-0.05, 0) is 52.8 Å². The molecule has 0 atom stereocenters. The van der Waals surface area contributed by atoms with Gasteiger partial charge in [-0.3, -0.25) is 9.48 Å². The summed E-state index contributed by atoms with van der Waals surface area (Å²) in [5.41, 5.74) is 1.89. The summed E-state index contributed by atoms with van der Waals surface area (Å²) in [6.45, 7) is 8.88. The lowest BCUT2D eigenvalue weighted by atomic mass is 10.1. The molecule has 0 aliphatic heterocycles. The van der Waals surface area contributed by atoms with Crippen LogP contribution in [-0.4, -0.2) is 34.6 Å². The zero-order chi connectivity index (χ0) is 21.6. The van der Waals surface area contributed by atoms with E-state index < -0.39 is 21.5 Å². The number of carbonyl (C=O) groups is 1. The second-order valence-corrected chi connectivity index (χ2v) is 9.68. The van der Waals surface area contributed by atoms with E-state index in [4.69, 9.17) is 0 Å². The second-order valence-electron chi connectivity index (χ2n) is 8.02. The first-order chi connectivity index (χ1) is 13.4. The van der Waals surface area contributed by atoms with Crippen molar-refractivity contribution in [2.75, 3.05) is 5.32 Å². The van der Waals surface area contributed by atoms with Crippen LogP contribution in [0.1, 0.15) is 42.5 Å². The number of anilines is 1. The average Bonchev–Trinajstić information content (AvgIpc) is 2.86. The number of para-hydroxylation sites is 1. The van der Waals surface area contributed by atoms with E-state index in [0.717, 1.165) is 0 Å². The Labute approximate surface area is 170 Å². The number of rotatable bonds is 4. The lowest BCUT2D eigenvalue weighted by molar-refractivity contribution is 0.102. The summed E-state index contributed by atoms with van der Waals surface area (Å²) in [6, 6.07) is 8.00. The molecule has 154 valence electrons. The molecule has 0 fully saturated rings. The third kappa shape index (κ3) is 4.30. The van der Waals surface area contributed by atoms with Crippen molar-refractivity contribution < 1.29 is 13.2 Å². The molecule has 0 saturated carbocycles. The van der Waals surface area contributed by atoms with Gasteiger partial charge in [-0.1, -0.05) is 12.1 Å². The maximum absolute atomic E-state index is 13.1. The van der Waals surface area contributed by atoms with Gasteiger partial charge in [-0.25, -0.2) is 18.1 Å². The molecule has 2 N–H and O–H groups in total. The first-order valence-corrected chi connectivity index (χ1v) is 10.6. The molecular formula is C20H25N5O3S. The summed E-state index contributed by atoms with van der Waals surface area (Å²) in [7, 11) is -2.06. The largest absolute Gasteiger partial charge is 0.321 e. The molecule has 3 rings (SSSR count). The minimum atomic E-state index is -3.82. The SMILES string of the molecule is Cc1cc(C(=O)Nc2ccccc2S(=O)(=O)NC(C)(C)C)c2c(C)nn(C)c2n1. The number of pyridine rings is 1. The normalized spacial score (nSPS) is 12.3. The smallest absolute Gasteiger partial charge is 0.256 e. The molecule has 29 heavy (non-hydrogen) atoms. The van der Waals surface area contributed by atoms with Gasteiger partial charge >= 0.3 is 0 Å². The van der Waals surface area contributed by atoms with Crippen molar-refractivity contribution in [1.82, 2.24) is 19.5 Å². The predicted octanol–water partition coefficient (Wildman–Crippen LogP) is 2.91. The highest BCUT2D eigenvalue weighted by Gasteiger charge is 2.26. The maximum atomic E-state index is 13.1. The quantitative estimate of drug-likeness (QED) is 0.681. The van der Waals surface area contributed by atoms with Crippen molar-refractivity contribution in [2.45, 2.75) is 45.1 Å². The van der Waals surface area contributed by atoms with Gasteiger partial charge in [0.2, 0.25) is 10.0 Å². The standard InChI is InChI=1S/C20H25N5O3S/c1-12-11-14(17-13(2)23-25(6)18(17)21-12)19(26)22-15-9-7-8-10-16(15)29(27,28)24-20(3,4)5/h7-11,24H,1-6H3,(H,22,26). The fourth-order valence-electron chi connectivity index (χ4n) is 3.20. The highest BCUT2D eigenvalue weighted by Crippen LogP contribution is 2.26. The number of sulfonamides is 1. The van der Waals surface area contributed by atoms with Crippen LogP contribution in [0.5, 0.6) is 0 Å². The van der Waals surface area contributed by atoms with Crippen LogP contribution in [0.3, 0.4) is 0 Å². The summed E-state index contributed by atoms with van der Waals surface area (Å²) >= 11 is 0. The van der Waals surface area contributed by atoms with Crippen LogP contribution in [0.25, 0.3) is 11.0 Å². The lowest BCUT2D eigenvalue weighted by Crippen LogP contribution is -2.40. The molecule has 8 nitrogen and oxygen atoms in total. The topological polar surface area (TPSA) is 106 Å². The number of aryl methyl sites for hydroxylation is 3. The number of hydrogen-bond acceptors (Lipinski definition) is 5. The van der Waals surface area contributed by atoms with Crippen LogP contribution >= 0.6 is 0 Å². The molecule has 0 unspecified atom stereocenters. The van der Waals surface area contributed by atoms with E-state index in [1.54, 1.807) is 63.7 Å². The first-order valence-electron chi connectivity index (χ1n) is 9.14. The Morgan fingerprint density at radius 2 is 1.79 bits per heavy atom. The lowest BCUT2D eigenvalue weighted by Gasteiger charge is -2.21. The molecule has 0 spiro atoms. The second kappa shape index (κ2) is 7.23. The number of hydrogen-bond donors (Lipinski definition) is 2. The van der Waals surface area contributed by atoms with Crippen LogP contribution in [0.15, 0.2) is 35.2 Å². The van der Waals surface area contributed by atoms with Gasteiger partial charge < -0.3 is 5.32 Å². The fraction of sp³-hybridized carbons (Fsp3) is 0.350. The van der Waals surface area contributed by atoms with Crippen LogP contribution < -0.4 is 10.0 Å². The highest BCUT2D eigenvalue weighted by molar-refractivity contribution is 7.89. The van der Waals surface area contributed by atoms with Gasteiger partial charge in [0, 0.05) is 18.3 Å². The summed E-state index contributed by atoms with van der Waals surface area (Å²) < 4.78 is 29.9. The Kier molecular flexibility index (Phi) is 5.22. The van der Waals surface area contributed by atoms with E-state index >= 15 is 0 Å². The average molecular weight is 416 g/mol. The van der Waals surface area contributed by atoms with Gasteiger partial charge in [0.05, 0.1) is 22.3 Å². The minimum Gasteiger partial charge on any atom is -0.321 e. The van der Waals surface area contributed by atoms with E-state index in [9.17, 15) is 13.2 Å². The van der Waals surface area contributed by atoms with E-state index in [-0.39, 0.29) is 10.6 Å². The monoisotopic (exact) mass is 415 g/mol. The zero-order valence-electron chi connectivity index (χ0n) is 17.4. The van der Waals surface area contributed by atoms with Crippen molar-refractivity contribution in [3.05, 3.63) is 47.3 Å². The molecule has 0 radical (unpaired) electrons. The summed E-state index contributed by atoms with van der Waals surface area (Å²) in [6.07, 6.45) is 0. The van der Waals surface area contributed by atoms with Gasteiger partial charge in [0.15, 0.2) is 5.65 Å². The van der Waals surface area contributed by atoms with Crippen LogP contribution in [0, 0.1) is 13.8 Å². The van der Waals surface area contributed by atoms with Crippen LogP contribution in [0.4, 0.5) is 5.69 Å². The molecule has 3 aromatic rings. The fourth-order valence-corrected chi connectivity index (χ4v) is 4.78. The number of nitrogens with one attached hydrogen (secondary N) is 2. The summed E-state index contributed by atoms with van der Waals surface area (Å²) in [5.74, 6) is -0.421. The van der Waals surface area contributed by atoms with Crippen molar-refractivity contribution in [3.8, 4) is 0 Å². The molecule has 0 saturated heterocycles. The van der Waals surface area contributed by atoms with Crippen molar-refractivity contribution in [2.24, 2.45) is 7.05 Å². The van der Waals surface area contributed by atoms with E-state index in [1.165, 1.54) is 6.07 Å². The van der Waals surface area contributed by atoms with Crippen molar-refractivity contribution in [3.63, 3.8) is 0 Å². The molecule has 0 aliphatic carbocycles. The molecule has 1 amide bonds. The number of carbonyl (C=O) groups excluding carboxylic acids is 1. The molecule has 0 aliphatic rings. The Bertz CT molecular complexity index is 1210. The van der Waals surface area contributed by atoms with E-state index in [2.05, 4.69) is 20.1 Å². The van der Waals surface area contributed by atoms with Crippen molar-refractivity contribution in [1.29, 1.82) is 0 Å². The van der Waals surface area contributed by atoms with Gasteiger partial charge in [0.25, 0.3) is 5.91 Å². The number of aromatic nitrogens is 3. The number of nitrogens with zero attached hydrogens (tertiary/aromatic N) is 3.